The summed E-state index contributed by atoms with van der Waals surface area (Å²) < 4.78 is 5.58. The molecule has 31 heavy (non-hydrogen) atoms. The number of aryl methyl sites for hydroxylation is 1. The van der Waals surface area contributed by atoms with Gasteiger partial charge in [0.1, 0.15) is 10.6 Å². The number of carbonyl (C=O) groups is 3. The number of ether oxygens (including phenoxy) is 1. The van der Waals surface area contributed by atoms with Crippen LogP contribution in [0.25, 0.3) is 0 Å². The van der Waals surface area contributed by atoms with Crippen molar-refractivity contribution >= 4 is 45.7 Å². The van der Waals surface area contributed by atoms with E-state index in [1.807, 2.05) is 11.8 Å². The number of amides is 1. The van der Waals surface area contributed by atoms with Gasteiger partial charge in [0, 0.05) is 26.6 Å². The summed E-state index contributed by atoms with van der Waals surface area (Å²) in [5.74, 6) is -1.71. The molecule has 1 fully saturated rings. The van der Waals surface area contributed by atoms with Crippen molar-refractivity contribution in [3.63, 3.8) is 0 Å². The smallest absolute Gasteiger partial charge is 0.348 e. The Morgan fingerprint density at radius 3 is 2.68 bits per heavy atom. The first-order valence-electron chi connectivity index (χ1n) is 9.89. The Kier molecular flexibility index (Phi) is 7.29. The standard InChI is InChI=1S/C19H24ClN5O5S/c1-4-9-15(20)24-16(21-9)17(27)22-10-6-7-25(8-12(10)30-3)19-23-13(11(26)5-2)14(31-19)18(28)29/h10,12H,4-8H2,1-3H3,(H,21,24)(H,22,27)(H,28,29)/t10-,12+/m0/s1. The number of thiazole rings is 1. The van der Waals surface area contributed by atoms with Crippen LogP contribution < -0.4 is 10.2 Å². The molecular formula is C19H24ClN5O5S. The molecule has 2 atom stereocenters. The number of H-pyrrole nitrogens is 1. The zero-order valence-electron chi connectivity index (χ0n) is 17.4. The van der Waals surface area contributed by atoms with Crippen molar-refractivity contribution in [1.29, 1.82) is 0 Å². The van der Waals surface area contributed by atoms with E-state index >= 15 is 0 Å². The lowest BCUT2D eigenvalue weighted by Crippen LogP contribution is -2.55. The first-order valence-corrected chi connectivity index (χ1v) is 11.1. The van der Waals surface area contributed by atoms with Crippen LogP contribution in [0.2, 0.25) is 5.15 Å². The summed E-state index contributed by atoms with van der Waals surface area (Å²) in [6.45, 7) is 4.46. The normalized spacial score (nSPS) is 18.8. The lowest BCUT2D eigenvalue weighted by molar-refractivity contribution is 0.0538. The monoisotopic (exact) mass is 469 g/mol. The number of hydrogen-bond donors (Lipinski definition) is 3. The van der Waals surface area contributed by atoms with Gasteiger partial charge in [-0.1, -0.05) is 36.8 Å². The molecule has 0 aliphatic carbocycles. The summed E-state index contributed by atoms with van der Waals surface area (Å²) in [4.78, 5) is 49.3. The lowest BCUT2D eigenvalue weighted by atomic mass is 10.0. The maximum Gasteiger partial charge on any atom is 0.348 e. The number of carboxylic acid groups (broad SMARTS) is 1. The molecule has 0 spiro atoms. The molecule has 1 aliphatic rings. The van der Waals surface area contributed by atoms with Crippen LogP contribution >= 0.6 is 22.9 Å². The lowest BCUT2D eigenvalue weighted by Gasteiger charge is -2.37. The maximum absolute atomic E-state index is 12.6. The van der Waals surface area contributed by atoms with Gasteiger partial charge in [0.2, 0.25) is 0 Å². The van der Waals surface area contributed by atoms with E-state index in [2.05, 4.69) is 20.3 Å². The van der Waals surface area contributed by atoms with Gasteiger partial charge in [-0.2, -0.15) is 0 Å². The second-order valence-electron chi connectivity index (χ2n) is 7.05. The van der Waals surface area contributed by atoms with Crippen molar-refractivity contribution in [2.45, 2.75) is 45.3 Å². The van der Waals surface area contributed by atoms with Crippen LogP contribution in [0.15, 0.2) is 0 Å². The summed E-state index contributed by atoms with van der Waals surface area (Å²) in [5.41, 5.74) is 0.682. The molecule has 0 radical (unpaired) electrons. The number of carboxylic acids is 1. The van der Waals surface area contributed by atoms with Gasteiger partial charge in [-0.15, -0.1) is 0 Å². The van der Waals surface area contributed by atoms with E-state index in [1.165, 1.54) is 0 Å². The number of rotatable bonds is 8. The van der Waals surface area contributed by atoms with Crippen molar-refractivity contribution in [3.8, 4) is 0 Å². The molecule has 2 aromatic heterocycles. The highest BCUT2D eigenvalue weighted by Gasteiger charge is 2.34. The van der Waals surface area contributed by atoms with Gasteiger partial charge in [0.15, 0.2) is 21.9 Å². The SMILES string of the molecule is CCC(=O)c1nc(N2CC[C@H](NC(=O)c3nc(Cl)c(CC)[nH]3)[C@H](OC)C2)sc1C(=O)O. The van der Waals surface area contributed by atoms with Gasteiger partial charge in [-0.25, -0.2) is 14.8 Å². The predicted molar refractivity (Wildman–Crippen MR) is 116 cm³/mol. The molecule has 0 aromatic carbocycles. The van der Waals surface area contributed by atoms with E-state index in [-0.39, 0.29) is 51.8 Å². The summed E-state index contributed by atoms with van der Waals surface area (Å²) in [7, 11) is 1.54. The zero-order chi connectivity index (χ0) is 22.7. The molecule has 2 aromatic rings. The second-order valence-corrected chi connectivity index (χ2v) is 8.39. The molecule has 3 heterocycles. The second kappa shape index (κ2) is 9.75. The van der Waals surface area contributed by atoms with Gasteiger partial charge < -0.3 is 25.0 Å². The molecule has 168 valence electrons. The fourth-order valence-electron chi connectivity index (χ4n) is 3.41. The summed E-state index contributed by atoms with van der Waals surface area (Å²) in [5, 5.41) is 13.1. The molecule has 1 aliphatic heterocycles. The number of anilines is 1. The Balaban J connectivity index is 1.72. The molecule has 1 saturated heterocycles. The number of imidazole rings is 1. The van der Waals surface area contributed by atoms with Gasteiger partial charge in [0.25, 0.3) is 5.91 Å². The van der Waals surface area contributed by atoms with Crippen LogP contribution in [0.3, 0.4) is 0 Å². The van der Waals surface area contributed by atoms with Crippen molar-refractivity contribution in [2.75, 3.05) is 25.1 Å². The Labute approximate surface area is 188 Å². The number of aromatic carboxylic acids is 1. The topological polar surface area (TPSA) is 138 Å². The van der Waals surface area contributed by atoms with Crippen LogP contribution in [0.5, 0.6) is 0 Å². The minimum absolute atomic E-state index is 0.0131. The number of ketones is 1. The molecular weight excluding hydrogens is 446 g/mol. The van der Waals surface area contributed by atoms with Gasteiger partial charge in [0.05, 0.1) is 17.8 Å². The number of halogens is 1. The Hall–Kier alpha value is -2.50. The molecule has 0 saturated carbocycles. The van der Waals surface area contributed by atoms with Gasteiger partial charge in [-0.05, 0) is 12.8 Å². The van der Waals surface area contributed by atoms with E-state index in [4.69, 9.17) is 16.3 Å². The van der Waals surface area contributed by atoms with Crippen molar-refractivity contribution in [1.82, 2.24) is 20.3 Å². The largest absolute Gasteiger partial charge is 0.477 e. The average Bonchev–Trinajstić information content (AvgIpc) is 3.37. The highest BCUT2D eigenvalue weighted by molar-refractivity contribution is 7.17. The number of aromatic amines is 1. The Morgan fingerprint density at radius 1 is 1.35 bits per heavy atom. The third-order valence-electron chi connectivity index (χ3n) is 5.14. The van der Waals surface area contributed by atoms with Crippen LogP contribution in [0, 0.1) is 0 Å². The number of aromatic nitrogens is 3. The number of hydrogen-bond acceptors (Lipinski definition) is 8. The average molecular weight is 470 g/mol. The summed E-state index contributed by atoms with van der Waals surface area (Å²) >= 11 is 6.99. The summed E-state index contributed by atoms with van der Waals surface area (Å²) in [6, 6.07) is -0.279. The number of carbonyl (C=O) groups excluding carboxylic acids is 2. The molecule has 0 unspecified atom stereocenters. The van der Waals surface area contributed by atoms with E-state index < -0.39 is 5.97 Å². The van der Waals surface area contributed by atoms with E-state index in [1.54, 1.807) is 14.0 Å². The van der Waals surface area contributed by atoms with Crippen LogP contribution in [-0.2, 0) is 11.2 Å². The number of Topliss-reactive ketones (excluding diaryl/α,β-unsaturated/α-hetero) is 1. The van der Waals surface area contributed by atoms with E-state index in [9.17, 15) is 19.5 Å². The first-order chi connectivity index (χ1) is 14.8. The molecule has 3 rings (SSSR count). The van der Waals surface area contributed by atoms with Crippen LogP contribution in [0.4, 0.5) is 5.13 Å². The highest BCUT2D eigenvalue weighted by atomic mass is 35.5. The fourth-order valence-corrected chi connectivity index (χ4v) is 4.63. The first kappa shape index (κ1) is 23.2. The van der Waals surface area contributed by atoms with Crippen molar-refractivity contribution in [3.05, 3.63) is 27.2 Å². The highest BCUT2D eigenvalue weighted by Crippen LogP contribution is 2.30. The van der Waals surface area contributed by atoms with Crippen molar-refractivity contribution < 1.29 is 24.2 Å². The third kappa shape index (κ3) is 4.89. The number of nitrogens with zero attached hydrogens (tertiary/aromatic N) is 3. The van der Waals surface area contributed by atoms with Crippen LogP contribution in [0.1, 0.15) is 63.2 Å². The van der Waals surface area contributed by atoms with E-state index in [0.29, 0.717) is 36.8 Å². The minimum atomic E-state index is -1.17. The molecule has 3 N–H and O–H groups in total. The van der Waals surface area contributed by atoms with Gasteiger partial charge in [-0.3, -0.25) is 9.59 Å². The summed E-state index contributed by atoms with van der Waals surface area (Å²) in [6.07, 6.45) is 0.983. The molecule has 10 nitrogen and oxygen atoms in total. The zero-order valence-corrected chi connectivity index (χ0v) is 19.0. The maximum atomic E-state index is 12.6. The number of methoxy groups -OCH3 is 1. The van der Waals surface area contributed by atoms with Crippen molar-refractivity contribution in [2.24, 2.45) is 0 Å². The van der Waals surface area contributed by atoms with Gasteiger partial charge >= 0.3 is 5.97 Å². The Bertz CT molecular complexity index is 990. The molecule has 1 amide bonds. The number of nitrogens with one attached hydrogen (secondary N) is 2. The minimum Gasteiger partial charge on any atom is -0.477 e. The Morgan fingerprint density at radius 2 is 2.10 bits per heavy atom. The molecule has 0 bridgehead atoms. The molecule has 12 heteroatoms. The number of piperidine rings is 1. The predicted octanol–water partition coefficient (Wildman–Crippen LogP) is 2.40. The fraction of sp³-hybridized carbons (Fsp3) is 0.526. The quantitative estimate of drug-likeness (QED) is 0.501. The van der Waals surface area contributed by atoms with E-state index in [0.717, 1.165) is 11.3 Å². The van der Waals surface area contributed by atoms with Crippen LogP contribution in [-0.4, -0.2) is 70.1 Å². The third-order valence-corrected chi connectivity index (χ3v) is 6.56.